The fourth-order valence-corrected chi connectivity index (χ4v) is 3.49. The Bertz CT molecular complexity index is 986. The highest BCUT2D eigenvalue weighted by atomic mass is 16.5. The summed E-state index contributed by atoms with van der Waals surface area (Å²) in [5.74, 6) is 0.505. The number of hydrogen-bond acceptors (Lipinski definition) is 6. The third-order valence-electron chi connectivity index (χ3n) is 5.00. The predicted molar refractivity (Wildman–Crippen MR) is 124 cm³/mol. The third-order valence-corrected chi connectivity index (χ3v) is 5.00. The van der Waals surface area contributed by atoms with E-state index in [2.05, 4.69) is 5.32 Å². The van der Waals surface area contributed by atoms with Crippen LogP contribution in [0.4, 0.5) is 5.69 Å². The first-order valence-corrected chi connectivity index (χ1v) is 10.9. The lowest BCUT2D eigenvalue weighted by molar-refractivity contribution is -0.137. The minimum atomic E-state index is -0.368. The van der Waals surface area contributed by atoms with Crippen LogP contribution in [0.15, 0.2) is 54.2 Å². The van der Waals surface area contributed by atoms with E-state index < -0.39 is 0 Å². The van der Waals surface area contributed by atoms with E-state index in [1.807, 2.05) is 50.2 Å². The number of para-hydroxylation sites is 1. The molecule has 32 heavy (non-hydrogen) atoms. The Balaban J connectivity index is 1.96. The number of anilines is 1. The lowest BCUT2D eigenvalue weighted by atomic mass is 10.0. The number of ether oxygens (including phenoxy) is 3. The van der Waals surface area contributed by atoms with E-state index >= 15 is 0 Å². The monoisotopic (exact) mass is 438 g/mol. The summed E-state index contributed by atoms with van der Waals surface area (Å²) in [6.07, 6.45) is 1.46. The molecule has 2 aromatic carbocycles. The Morgan fingerprint density at radius 3 is 2.53 bits per heavy atom. The number of methoxy groups -OCH3 is 1. The van der Waals surface area contributed by atoms with Crippen molar-refractivity contribution in [1.29, 1.82) is 0 Å². The van der Waals surface area contributed by atoms with Crippen LogP contribution in [0.2, 0.25) is 0 Å². The summed E-state index contributed by atoms with van der Waals surface area (Å²) in [4.78, 5) is 27.9. The number of rotatable bonds is 12. The largest absolute Gasteiger partial charge is 0.496 e. The molecule has 7 nitrogen and oxygen atoms in total. The summed E-state index contributed by atoms with van der Waals surface area (Å²) in [5, 5.41) is 3.17. The molecular weight excluding hydrogens is 408 g/mol. The van der Waals surface area contributed by atoms with Gasteiger partial charge in [0.15, 0.2) is 0 Å². The van der Waals surface area contributed by atoms with Gasteiger partial charge in [0.2, 0.25) is 0 Å². The van der Waals surface area contributed by atoms with Crippen LogP contribution in [-0.2, 0) is 14.3 Å². The number of nitrogens with zero attached hydrogens (tertiary/aromatic N) is 1. The second-order valence-corrected chi connectivity index (χ2v) is 7.26. The van der Waals surface area contributed by atoms with Crippen molar-refractivity contribution in [2.75, 3.05) is 38.8 Å². The van der Waals surface area contributed by atoms with Crippen molar-refractivity contribution in [3.05, 3.63) is 59.8 Å². The van der Waals surface area contributed by atoms with E-state index in [0.717, 1.165) is 6.42 Å². The van der Waals surface area contributed by atoms with E-state index in [0.29, 0.717) is 54.6 Å². The number of hydrogen-bond donors (Lipinski definition) is 1. The maximum Gasteiger partial charge on any atom is 0.278 e. The van der Waals surface area contributed by atoms with Gasteiger partial charge in [-0.2, -0.15) is 0 Å². The van der Waals surface area contributed by atoms with Crippen LogP contribution < -0.4 is 14.8 Å². The van der Waals surface area contributed by atoms with Crippen molar-refractivity contribution in [1.82, 2.24) is 4.90 Å². The number of benzene rings is 2. The highest BCUT2D eigenvalue weighted by molar-refractivity contribution is 6.37. The smallest absolute Gasteiger partial charge is 0.278 e. The Hall–Kier alpha value is -3.32. The average molecular weight is 439 g/mol. The summed E-state index contributed by atoms with van der Waals surface area (Å²) in [5.41, 5.74) is 1.76. The Morgan fingerprint density at radius 1 is 0.969 bits per heavy atom. The second kappa shape index (κ2) is 11.3. The molecule has 3 rings (SSSR count). The van der Waals surface area contributed by atoms with E-state index in [-0.39, 0.29) is 24.1 Å². The van der Waals surface area contributed by atoms with Crippen LogP contribution >= 0.6 is 0 Å². The maximum absolute atomic E-state index is 13.3. The number of carbonyl (C=O) groups is 2. The quantitative estimate of drug-likeness (QED) is 0.397. The molecule has 2 aromatic rings. The van der Waals surface area contributed by atoms with Gasteiger partial charge < -0.3 is 19.5 Å². The number of nitrogens with one attached hydrogen (secondary N) is 1. The molecule has 0 bridgehead atoms. The van der Waals surface area contributed by atoms with Crippen molar-refractivity contribution in [3.8, 4) is 11.5 Å². The van der Waals surface area contributed by atoms with Crippen LogP contribution in [0.5, 0.6) is 11.5 Å². The molecule has 0 unspecified atom stereocenters. The van der Waals surface area contributed by atoms with Crippen molar-refractivity contribution in [3.63, 3.8) is 0 Å². The molecule has 0 aromatic heterocycles. The van der Waals surface area contributed by atoms with Gasteiger partial charge >= 0.3 is 0 Å². The van der Waals surface area contributed by atoms with E-state index in [9.17, 15) is 9.59 Å². The Kier molecular flexibility index (Phi) is 8.27. The van der Waals surface area contributed by atoms with Crippen molar-refractivity contribution < 1.29 is 23.8 Å². The minimum Gasteiger partial charge on any atom is -0.496 e. The highest BCUT2D eigenvalue weighted by Crippen LogP contribution is 2.35. The van der Waals surface area contributed by atoms with Crippen LogP contribution in [0, 0.1) is 0 Å². The number of imide groups is 1. The van der Waals surface area contributed by atoms with Crippen molar-refractivity contribution >= 4 is 23.1 Å². The average Bonchev–Trinajstić information content (AvgIpc) is 3.04. The molecule has 2 amide bonds. The van der Waals surface area contributed by atoms with E-state index in [1.54, 1.807) is 19.2 Å². The second-order valence-electron chi connectivity index (χ2n) is 7.26. The zero-order valence-electron chi connectivity index (χ0n) is 18.8. The lowest BCUT2D eigenvalue weighted by Crippen LogP contribution is -2.34. The van der Waals surface area contributed by atoms with Crippen LogP contribution in [-0.4, -0.2) is 50.2 Å². The summed E-state index contributed by atoms with van der Waals surface area (Å²) >= 11 is 0. The van der Waals surface area contributed by atoms with Gasteiger partial charge in [0.05, 0.1) is 19.3 Å². The summed E-state index contributed by atoms with van der Waals surface area (Å²) < 4.78 is 16.5. The van der Waals surface area contributed by atoms with Crippen LogP contribution in [0.3, 0.4) is 0 Å². The Morgan fingerprint density at radius 2 is 1.78 bits per heavy atom. The first-order valence-electron chi connectivity index (χ1n) is 10.9. The fourth-order valence-electron chi connectivity index (χ4n) is 3.49. The molecule has 0 spiro atoms. The number of amides is 2. The molecule has 0 saturated carbocycles. The Labute approximate surface area is 189 Å². The van der Waals surface area contributed by atoms with Crippen molar-refractivity contribution in [2.45, 2.75) is 26.7 Å². The van der Waals surface area contributed by atoms with Gasteiger partial charge in [-0.05, 0) is 38.0 Å². The first-order chi connectivity index (χ1) is 15.6. The molecule has 0 fully saturated rings. The standard InChI is InChI=1S/C25H30N2O5/c1-4-15-32-19-11-8-10-18(17-19)26-23-22(20-12-6-7-13-21(20)30-3)24(28)27(25(23)29)14-9-16-31-5-2/h6-8,10-13,17,26H,4-5,9,14-16H2,1-3H3. The molecule has 0 saturated heterocycles. The first kappa shape index (κ1) is 23.3. The molecular formula is C25H30N2O5. The van der Waals surface area contributed by atoms with E-state index in [1.165, 1.54) is 4.90 Å². The van der Waals surface area contributed by atoms with Gasteiger partial charge in [0.1, 0.15) is 17.2 Å². The predicted octanol–water partition coefficient (Wildman–Crippen LogP) is 4.10. The summed E-state index contributed by atoms with van der Waals surface area (Å²) in [6.45, 7) is 5.90. The molecule has 1 heterocycles. The molecule has 0 aliphatic carbocycles. The summed E-state index contributed by atoms with van der Waals surface area (Å²) in [7, 11) is 1.54. The van der Waals surface area contributed by atoms with Gasteiger partial charge in [-0.1, -0.05) is 31.2 Å². The van der Waals surface area contributed by atoms with Gasteiger partial charge in [-0.25, -0.2) is 0 Å². The van der Waals surface area contributed by atoms with Crippen molar-refractivity contribution in [2.24, 2.45) is 0 Å². The lowest BCUT2D eigenvalue weighted by Gasteiger charge is -2.15. The molecule has 1 N–H and O–H groups in total. The topological polar surface area (TPSA) is 77.1 Å². The molecule has 1 aliphatic rings. The van der Waals surface area contributed by atoms with Gasteiger partial charge in [-0.3, -0.25) is 14.5 Å². The zero-order chi connectivity index (χ0) is 22.9. The molecule has 0 atom stereocenters. The highest BCUT2D eigenvalue weighted by Gasteiger charge is 2.39. The molecule has 1 aliphatic heterocycles. The van der Waals surface area contributed by atoms with Gasteiger partial charge in [0, 0.05) is 37.1 Å². The SMILES string of the molecule is CCCOc1cccc(NC2=C(c3ccccc3OC)C(=O)N(CCCOCC)C2=O)c1. The van der Waals surface area contributed by atoms with Crippen LogP contribution in [0.25, 0.3) is 5.57 Å². The van der Waals surface area contributed by atoms with E-state index in [4.69, 9.17) is 14.2 Å². The van der Waals surface area contributed by atoms with Gasteiger partial charge in [0.25, 0.3) is 11.8 Å². The minimum absolute atomic E-state index is 0.226. The number of carbonyl (C=O) groups excluding carboxylic acids is 2. The fraction of sp³-hybridized carbons (Fsp3) is 0.360. The third kappa shape index (κ3) is 5.29. The van der Waals surface area contributed by atoms with Gasteiger partial charge in [-0.15, -0.1) is 0 Å². The molecule has 7 heteroatoms. The maximum atomic E-state index is 13.3. The normalized spacial score (nSPS) is 13.7. The zero-order valence-corrected chi connectivity index (χ0v) is 18.8. The molecule has 0 radical (unpaired) electrons. The van der Waals surface area contributed by atoms with Crippen LogP contribution in [0.1, 0.15) is 32.3 Å². The summed E-state index contributed by atoms with van der Waals surface area (Å²) in [6, 6.07) is 14.6. The molecule has 170 valence electrons.